The largest absolute Gasteiger partial charge is 0.497 e. The molecule has 108 valence electrons. The van der Waals surface area contributed by atoms with Gasteiger partial charge in [-0.2, -0.15) is 0 Å². The van der Waals surface area contributed by atoms with E-state index in [2.05, 4.69) is 5.32 Å². The molecule has 1 saturated heterocycles. The minimum atomic E-state index is -0.190. The Labute approximate surface area is 119 Å². The molecule has 2 rings (SSSR count). The SMILES string of the molecule is COc1ccc(C(=O)CC2CCCCCNC2=O)cc1. The molecule has 1 aliphatic rings. The second kappa shape index (κ2) is 7.08. The van der Waals surface area contributed by atoms with E-state index in [9.17, 15) is 9.59 Å². The molecule has 4 nitrogen and oxygen atoms in total. The Balaban J connectivity index is 1.99. The van der Waals surface area contributed by atoms with Gasteiger partial charge in [0.15, 0.2) is 5.78 Å². The van der Waals surface area contributed by atoms with Gasteiger partial charge in [0.25, 0.3) is 0 Å². The topological polar surface area (TPSA) is 55.4 Å². The van der Waals surface area contributed by atoms with Crippen LogP contribution in [0.4, 0.5) is 0 Å². The van der Waals surface area contributed by atoms with Crippen molar-refractivity contribution in [3.8, 4) is 5.75 Å². The maximum atomic E-state index is 12.2. The van der Waals surface area contributed by atoms with E-state index in [1.165, 1.54) is 0 Å². The molecule has 1 fully saturated rings. The molecule has 0 saturated carbocycles. The number of rotatable bonds is 4. The summed E-state index contributed by atoms with van der Waals surface area (Å²) < 4.78 is 5.07. The Kier molecular flexibility index (Phi) is 5.16. The molecule has 20 heavy (non-hydrogen) atoms. The maximum Gasteiger partial charge on any atom is 0.223 e. The van der Waals surface area contributed by atoms with Gasteiger partial charge in [0, 0.05) is 24.4 Å². The zero-order valence-corrected chi connectivity index (χ0v) is 11.9. The molecular weight excluding hydrogens is 254 g/mol. The van der Waals surface area contributed by atoms with Gasteiger partial charge in [-0.15, -0.1) is 0 Å². The van der Waals surface area contributed by atoms with Gasteiger partial charge in [-0.05, 0) is 37.1 Å². The van der Waals surface area contributed by atoms with Crippen LogP contribution in [0.2, 0.25) is 0 Å². The van der Waals surface area contributed by atoms with Crippen LogP contribution >= 0.6 is 0 Å². The summed E-state index contributed by atoms with van der Waals surface area (Å²) in [5.41, 5.74) is 0.639. The van der Waals surface area contributed by atoms with Crippen molar-refractivity contribution in [1.29, 1.82) is 0 Å². The monoisotopic (exact) mass is 275 g/mol. The van der Waals surface area contributed by atoms with E-state index < -0.39 is 0 Å². The van der Waals surface area contributed by atoms with Crippen LogP contribution < -0.4 is 10.1 Å². The normalized spacial score (nSPS) is 19.6. The van der Waals surface area contributed by atoms with Gasteiger partial charge in [0.1, 0.15) is 5.75 Å². The molecule has 1 amide bonds. The predicted molar refractivity (Wildman–Crippen MR) is 76.9 cm³/mol. The molecule has 4 heteroatoms. The summed E-state index contributed by atoms with van der Waals surface area (Å²) in [6, 6.07) is 7.04. The lowest BCUT2D eigenvalue weighted by molar-refractivity contribution is -0.125. The number of ether oxygens (including phenoxy) is 1. The summed E-state index contributed by atoms with van der Waals surface area (Å²) in [6.07, 6.45) is 4.26. The van der Waals surface area contributed by atoms with Crippen molar-refractivity contribution in [1.82, 2.24) is 5.32 Å². The number of hydrogen-bond acceptors (Lipinski definition) is 3. The number of nitrogens with one attached hydrogen (secondary N) is 1. The fourth-order valence-corrected chi connectivity index (χ4v) is 2.49. The molecule has 0 spiro atoms. The van der Waals surface area contributed by atoms with Gasteiger partial charge >= 0.3 is 0 Å². The van der Waals surface area contributed by atoms with Crippen molar-refractivity contribution in [2.75, 3.05) is 13.7 Å². The van der Waals surface area contributed by atoms with Crippen LogP contribution in [0.1, 0.15) is 42.5 Å². The third-order valence-corrected chi connectivity index (χ3v) is 3.74. The smallest absolute Gasteiger partial charge is 0.223 e. The number of Topliss-reactive ketones (excluding diaryl/α,β-unsaturated/α-hetero) is 1. The zero-order chi connectivity index (χ0) is 14.4. The van der Waals surface area contributed by atoms with Gasteiger partial charge in [0.2, 0.25) is 5.91 Å². The lowest BCUT2D eigenvalue weighted by Gasteiger charge is -2.19. The molecular formula is C16H21NO3. The molecule has 0 radical (unpaired) electrons. The van der Waals surface area contributed by atoms with Crippen LogP contribution in [0.15, 0.2) is 24.3 Å². The highest BCUT2D eigenvalue weighted by molar-refractivity contribution is 5.98. The van der Waals surface area contributed by atoms with E-state index in [0.717, 1.165) is 38.0 Å². The number of carbonyl (C=O) groups is 2. The van der Waals surface area contributed by atoms with E-state index in [-0.39, 0.29) is 24.0 Å². The molecule has 1 heterocycles. The molecule has 1 aromatic carbocycles. The molecule has 0 bridgehead atoms. The highest BCUT2D eigenvalue weighted by atomic mass is 16.5. The molecule has 1 aromatic rings. The number of ketones is 1. The lowest BCUT2D eigenvalue weighted by Crippen LogP contribution is -2.34. The highest BCUT2D eigenvalue weighted by Crippen LogP contribution is 2.20. The molecule has 0 aliphatic carbocycles. The first-order chi connectivity index (χ1) is 9.70. The molecule has 1 atom stereocenters. The zero-order valence-electron chi connectivity index (χ0n) is 11.9. The number of carbonyl (C=O) groups excluding carboxylic acids is 2. The van der Waals surface area contributed by atoms with Gasteiger partial charge in [-0.3, -0.25) is 9.59 Å². The predicted octanol–water partition coefficient (Wildman–Crippen LogP) is 2.57. The van der Waals surface area contributed by atoms with Crippen molar-refractivity contribution < 1.29 is 14.3 Å². The molecule has 1 N–H and O–H groups in total. The standard InChI is InChI=1S/C16H21NO3/c1-20-14-8-6-12(7-9-14)15(18)11-13-5-3-2-4-10-17-16(13)19/h6-9,13H,2-5,10-11H2,1H3,(H,17,19). The fraction of sp³-hybridized carbons (Fsp3) is 0.500. The Morgan fingerprint density at radius 2 is 2.00 bits per heavy atom. The van der Waals surface area contributed by atoms with Crippen molar-refractivity contribution in [2.45, 2.75) is 32.1 Å². The minimum absolute atomic E-state index is 0.0200. The van der Waals surface area contributed by atoms with Gasteiger partial charge in [-0.1, -0.05) is 12.8 Å². The number of benzene rings is 1. The van der Waals surface area contributed by atoms with Crippen molar-refractivity contribution in [3.05, 3.63) is 29.8 Å². The summed E-state index contributed by atoms with van der Waals surface area (Å²) >= 11 is 0. The van der Waals surface area contributed by atoms with E-state index in [0.29, 0.717) is 5.56 Å². The van der Waals surface area contributed by atoms with Crippen LogP contribution in [0.25, 0.3) is 0 Å². The van der Waals surface area contributed by atoms with Gasteiger partial charge in [-0.25, -0.2) is 0 Å². The Hall–Kier alpha value is -1.84. The maximum absolute atomic E-state index is 12.2. The summed E-state index contributed by atoms with van der Waals surface area (Å²) in [5.74, 6) is 0.579. The molecule has 0 aromatic heterocycles. The summed E-state index contributed by atoms with van der Waals surface area (Å²) in [5, 5.41) is 2.90. The Morgan fingerprint density at radius 1 is 1.25 bits per heavy atom. The average molecular weight is 275 g/mol. The van der Waals surface area contributed by atoms with Crippen LogP contribution in [-0.2, 0) is 4.79 Å². The Bertz CT molecular complexity index is 467. The first-order valence-corrected chi connectivity index (χ1v) is 7.15. The van der Waals surface area contributed by atoms with E-state index in [1.807, 2.05) is 0 Å². The van der Waals surface area contributed by atoms with Crippen molar-refractivity contribution >= 4 is 11.7 Å². The van der Waals surface area contributed by atoms with Crippen molar-refractivity contribution in [3.63, 3.8) is 0 Å². The van der Waals surface area contributed by atoms with E-state index >= 15 is 0 Å². The second-order valence-electron chi connectivity index (χ2n) is 5.19. The van der Waals surface area contributed by atoms with Crippen LogP contribution in [0.3, 0.4) is 0 Å². The van der Waals surface area contributed by atoms with Gasteiger partial charge < -0.3 is 10.1 Å². The first-order valence-electron chi connectivity index (χ1n) is 7.15. The Morgan fingerprint density at radius 3 is 2.70 bits per heavy atom. The molecule has 1 unspecified atom stereocenters. The summed E-state index contributed by atoms with van der Waals surface area (Å²) in [7, 11) is 1.59. The molecule has 1 aliphatic heterocycles. The van der Waals surface area contributed by atoms with Crippen LogP contribution in [0.5, 0.6) is 5.75 Å². The number of hydrogen-bond donors (Lipinski definition) is 1. The van der Waals surface area contributed by atoms with Crippen LogP contribution in [0, 0.1) is 5.92 Å². The average Bonchev–Trinajstić information content (AvgIpc) is 2.47. The quantitative estimate of drug-likeness (QED) is 0.859. The summed E-state index contributed by atoms with van der Waals surface area (Å²) in [4.78, 5) is 24.2. The number of amides is 1. The van der Waals surface area contributed by atoms with Gasteiger partial charge in [0.05, 0.1) is 7.11 Å². The third-order valence-electron chi connectivity index (χ3n) is 3.74. The van der Waals surface area contributed by atoms with Crippen LogP contribution in [-0.4, -0.2) is 25.3 Å². The van der Waals surface area contributed by atoms with Crippen molar-refractivity contribution in [2.24, 2.45) is 5.92 Å². The summed E-state index contributed by atoms with van der Waals surface area (Å²) in [6.45, 7) is 0.728. The highest BCUT2D eigenvalue weighted by Gasteiger charge is 2.23. The fourth-order valence-electron chi connectivity index (χ4n) is 2.49. The number of methoxy groups -OCH3 is 1. The van der Waals surface area contributed by atoms with E-state index in [4.69, 9.17) is 4.74 Å². The van der Waals surface area contributed by atoms with E-state index in [1.54, 1.807) is 31.4 Å². The second-order valence-corrected chi connectivity index (χ2v) is 5.19. The lowest BCUT2D eigenvalue weighted by atomic mass is 9.91. The first kappa shape index (κ1) is 14.6. The third kappa shape index (κ3) is 3.83. The minimum Gasteiger partial charge on any atom is -0.497 e.